The molecule has 0 N–H and O–H groups in total. The molecule has 4 heteroatoms. The molecule has 0 aliphatic carbocycles. The maximum atomic E-state index is 4.08. The fourth-order valence-electron chi connectivity index (χ4n) is 1.41. The van der Waals surface area contributed by atoms with Crippen LogP contribution in [0.5, 0.6) is 0 Å². The standard InChI is InChI=1S/C10H10BrN3/c1-8-12-13-10(7-11)14(8)9-5-3-2-4-6-9/h2-6H,7H2,1H3. The molecule has 0 saturated carbocycles. The quantitative estimate of drug-likeness (QED) is 0.768. The summed E-state index contributed by atoms with van der Waals surface area (Å²) in [7, 11) is 0. The molecular formula is C10H10BrN3. The topological polar surface area (TPSA) is 30.7 Å². The van der Waals surface area contributed by atoms with Gasteiger partial charge in [-0.05, 0) is 19.1 Å². The van der Waals surface area contributed by atoms with Crippen molar-refractivity contribution in [3.8, 4) is 5.69 Å². The van der Waals surface area contributed by atoms with Crippen LogP contribution < -0.4 is 0 Å². The zero-order chi connectivity index (χ0) is 9.97. The molecule has 2 aromatic rings. The Hall–Kier alpha value is -1.16. The van der Waals surface area contributed by atoms with Gasteiger partial charge in [0.05, 0.1) is 5.33 Å². The van der Waals surface area contributed by atoms with Crippen molar-refractivity contribution in [3.05, 3.63) is 42.0 Å². The summed E-state index contributed by atoms with van der Waals surface area (Å²) in [6.07, 6.45) is 0. The van der Waals surface area contributed by atoms with E-state index in [1.165, 1.54) is 0 Å². The molecule has 0 atom stereocenters. The van der Waals surface area contributed by atoms with Gasteiger partial charge in [-0.3, -0.25) is 4.57 Å². The largest absolute Gasteiger partial charge is 0.283 e. The molecule has 0 radical (unpaired) electrons. The van der Waals surface area contributed by atoms with Crippen molar-refractivity contribution in [2.75, 3.05) is 0 Å². The first-order chi connectivity index (χ1) is 6.83. The molecule has 3 nitrogen and oxygen atoms in total. The summed E-state index contributed by atoms with van der Waals surface area (Å²) in [5, 5.41) is 8.83. The van der Waals surface area contributed by atoms with E-state index in [-0.39, 0.29) is 0 Å². The number of nitrogens with zero attached hydrogens (tertiary/aromatic N) is 3. The molecule has 0 aliphatic rings. The summed E-state index contributed by atoms with van der Waals surface area (Å²) in [4.78, 5) is 0. The Balaban J connectivity index is 2.55. The Kier molecular flexibility index (Phi) is 2.63. The van der Waals surface area contributed by atoms with Gasteiger partial charge in [-0.15, -0.1) is 10.2 Å². The molecular weight excluding hydrogens is 242 g/mol. The predicted molar refractivity (Wildman–Crippen MR) is 58.7 cm³/mol. The number of alkyl halides is 1. The molecule has 0 unspecified atom stereocenters. The molecule has 0 fully saturated rings. The van der Waals surface area contributed by atoms with E-state index in [9.17, 15) is 0 Å². The minimum atomic E-state index is 0.711. The first-order valence-electron chi connectivity index (χ1n) is 4.35. The van der Waals surface area contributed by atoms with Crippen molar-refractivity contribution in [1.82, 2.24) is 14.8 Å². The van der Waals surface area contributed by atoms with Gasteiger partial charge in [0.2, 0.25) is 0 Å². The van der Waals surface area contributed by atoms with Crippen LogP contribution in [0.2, 0.25) is 0 Å². The highest BCUT2D eigenvalue weighted by molar-refractivity contribution is 9.08. The van der Waals surface area contributed by atoms with Crippen molar-refractivity contribution in [2.45, 2.75) is 12.3 Å². The highest BCUT2D eigenvalue weighted by atomic mass is 79.9. The lowest BCUT2D eigenvalue weighted by Crippen LogP contribution is -2.00. The molecule has 1 heterocycles. The maximum absolute atomic E-state index is 4.08. The molecule has 2 rings (SSSR count). The Morgan fingerprint density at radius 3 is 2.57 bits per heavy atom. The number of halogens is 1. The lowest BCUT2D eigenvalue weighted by atomic mass is 10.3. The summed E-state index contributed by atoms with van der Waals surface area (Å²) in [6, 6.07) is 10.1. The zero-order valence-corrected chi connectivity index (χ0v) is 9.40. The highest BCUT2D eigenvalue weighted by Gasteiger charge is 2.08. The van der Waals surface area contributed by atoms with Gasteiger partial charge in [0.15, 0.2) is 0 Å². The second kappa shape index (κ2) is 3.92. The van der Waals surface area contributed by atoms with Crippen LogP contribution in [0.15, 0.2) is 30.3 Å². The van der Waals surface area contributed by atoms with Gasteiger partial charge in [-0.25, -0.2) is 0 Å². The lowest BCUT2D eigenvalue weighted by Gasteiger charge is -2.05. The number of aromatic nitrogens is 3. The summed E-state index contributed by atoms with van der Waals surface area (Å²) < 4.78 is 2.04. The van der Waals surface area contributed by atoms with Crippen molar-refractivity contribution < 1.29 is 0 Å². The van der Waals surface area contributed by atoms with Crippen molar-refractivity contribution >= 4 is 15.9 Å². The molecule has 72 valence electrons. The van der Waals surface area contributed by atoms with E-state index in [0.29, 0.717) is 5.33 Å². The van der Waals surface area contributed by atoms with Gasteiger partial charge in [-0.1, -0.05) is 34.1 Å². The van der Waals surface area contributed by atoms with E-state index in [1.54, 1.807) is 0 Å². The van der Waals surface area contributed by atoms with Crippen LogP contribution in [0, 0.1) is 6.92 Å². The van der Waals surface area contributed by atoms with Gasteiger partial charge in [-0.2, -0.15) is 0 Å². The van der Waals surface area contributed by atoms with Crippen LogP contribution in [0.25, 0.3) is 5.69 Å². The average Bonchev–Trinajstić information content (AvgIpc) is 2.61. The summed E-state index contributed by atoms with van der Waals surface area (Å²) in [5.41, 5.74) is 1.10. The molecule has 0 saturated heterocycles. The first kappa shape index (κ1) is 9.40. The molecule has 0 spiro atoms. The van der Waals surface area contributed by atoms with E-state index in [1.807, 2.05) is 41.8 Å². The maximum Gasteiger partial charge on any atom is 0.148 e. The highest BCUT2D eigenvalue weighted by Crippen LogP contribution is 2.13. The SMILES string of the molecule is Cc1nnc(CBr)n1-c1ccccc1. The Labute approximate surface area is 90.9 Å². The number of para-hydroxylation sites is 1. The minimum absolute atomic E-state index is 0.711. The third kappa shape index (κ3) is 1.57. The number of rotatable bonds is 2. The normalized spacial score (nSPS) is 10.4. The zero-order valence-electron chi connectivity index (χ0n) is 7.81. The second-order valence-electron chi connectivity index (χ2n) is 2.97. The van der Waals surface area contributed by atoms with Gasteiger partial charge in [0.1, 0.15) is 11.6 Å². The van der Waals surface area contributed by atoms with Crippen LogP contribution in [0.3, 0.4) is 0 Å². The van der Waals surface area contributed by atoms with E-state index in [0.717, 1.165) is 17.3 Å². The number of hydrogen-bond acceptors (Lipinski definition) is 2. The molecule has 1 aromatic heterocycles. The van der Waals surface area contributed by atoms with Gasteiger partial charge in [0, 0.05) is 5.69 Å². The number of hydrogen-bond donors (Lipinski definition) is 0. The van der Waals surface area contributed by atoms with E-state index >= 15 is 0 Å². The third-order valence-electron chi connectivity index (χ3n) is 2.03. The van der Waals surface area contributed by atoms with Gasteiger partial charge >= 0.3 is 0 Å². The molecule has 1 aromatic carbocycles. The lowest BCUT2D eigenvalue weighted by molar-refractivity contribution is 0.932. The molecule has 0 amide bonds. The Bertz CT molecular complexity index is 422. The van der Waals surface area contributed by atoms with Crippen LogP contribution in [0.1, 0.15) is 11.6 Å². The number of aryl methyl sites for hydroxylation is 1. The third-order valence-corrected chi connectivity index (χ3v) is 2.53. The van der Waals surface area contributed by atoms with Crippen LogP contribution in [-0.4, -0.2) is 14.8 Å². The molecule has 14 heavy (non-hydrogen) atoms. The molecule has 0 bridgehead atoms. The van der Waals surface area contributed by atoms with Crippen molar-refractivity contribution in [2.24, 2.45) is 0 Å². The van der Waals surface area contributed by atoms with E-state index < -0.39 is 0 Å². The Morgan fingerprint density at radius 1 is 1.21 bits per heavy atom. The summed E-state index contributed by atoms with van der Waals surface area (Å²) in [5.74, 6) is 1.83. The van der Waals surface area contributed by atoms with Crippen LogP contribution in [0.4, 0.5) is 0 Å². The fourth-order valence-corrected chi connectivity index (χ4v) is 1.77. The smallest absolute Gasteiger partial charge is 0.148 e. The second-order valence-corrected chi connectivity index (χ2v) is 3.53. The minimum Gasteiger partial charge on any atom is -0.283 e. The van der Waals surface area contributed by atoms with Crippen molar-refractivity contribution in [1.29, 1.82) is 0 Å². The Morgan fingerprint density at radius 2 is 1.93 bits per heavy atom. The number of benzene rings is 1. The van der Waals surface area contributed by atoms with Gasteiger partial charge in [0.25, 0.3) is 0 Å². The van der Waals surface area contributed by atoms with Crippen LogP contribution in [-0.2, 0) is 5.33 Å². The predicted octanol–water partition coefficient (Wildman–Crippen LogP) is 2.47. The molecule has 0 aliphatic heterocycles. The van der Waals surface area contributed by atoms with E-state index in [4.69, 9.17) is 0 Å². The fraction of sp³-hybridized carbons (Fsp3) is 0.200. The van der Waals surface area contributed by atoms with Crippen LogP contribution >= 0.6 is 15.9 Å². The first-order valence-corrected chi connectivity index (χ1v) is 5.47. The monoisotopic (exact) mass is 251 g/mol. The van der Waals surface area contributed by atoms with Gasteiger partial charge < -0.3 is 0 Å². The average molecular weight is 252 g/mol. The summed E-state index contributed by atoms with van der Waals surface area (Å²) >= 11 is 3.40. The van der Waals surface area contributed by atoms with Crippen molar-refractivity contribution in [3.63, 3.8) is 0 Å². The summed E-state index contributed by atoms with van der Waals surface area (Å²) in [6.45, 7) is 1.95. The van der Waals surface area contributed by atoms with E-state index in [2.05, 4.69) is 26.1 Å².